The minimum Gasteiger partial charge on any atom is -0.388 e. The summed E-state index contributed by atoms with van der Waals surface area (Å²) in [4.78, 5) is 0. The van der Waals surface area contributed by atoms with Crippen LogP contribution >= 0.6 is 11.6 Å². The van der Waals surface area contributed by atoms with E-state index in [9.17, 15) is 5.11 Å². The van der Waals surface area contributed by atoms with Gasteiger partial charge in [0.2, 0.25) is 0 Å². The molecule has 0 aliphatic carbocycles. The molecule has 0 bridgehead atoms. The number of hydrogen-bond donors (Lipinski definition) is 1. The lowest BCUT2D eigenvalue weighted by molar-refractivity contribution is 0.180. The summed E-state index contributed by atoms with van der Waals surface area (Å²) >= 11 is 6.24. The van der Waals surface area contributed by atoms with Gasteiger partial charge in [-0.05, 0) is 35.1 Å². The maximum atomic E-state index is 10.6. The molecule has 0 aromatic heterocycles. The van der Waals surface area contributed by atoms with Crippen LogP contribution in [0.15, 0.2) is 60.7 Å². The number of halogens is 1. The second kappa shape index (κ2) is 5.88. The molecule has 0 radical (unpaired) electrons. The molecule has 1 nitrogen and oxygen atoms in total. The Morgan fingerprint density at radius 1 is 0.905 bits per heavy atom. The van der Waals surface area contributed by atoms with E-state index in [-0.39, 0.29) is 0 Å². The van der Waals surface area contributed by atoms with Crippen LogP contribution in [-0.4, -0.2) is 5.11 Å². The van der Waals surface area contributed by atoms with Crippen molar-refractivity contribution in [1.29, 1.82) is 0 Å². The van der Waals surface area contributed by atoms with Crippen LogP contribution in [0.1, 0.15) is 22.8 Å². The second-order valence-corrected chi connectivity index (χ2v) is 5.74. The Morgan fingerprint density at radius 2 is 1.57 bits per heavy atom. The first-order valence-electron chi connectivity index (χ1n) is 7.06. The van der Waals surface area contributed by atoms with Crippen LogP contribution < -0.4 is 0 Å². The lowest BCUT2D eigenvalue weighted by atomic mass is 9.94. The normalized spacial score (nSPS) is 12.5. The summed E-state index contributed by atoms with van der Waals surface area (Å²) in [6.45, 7) is 2.07. The monoisotopic (exact) mass is 296 g/mol. The summed E-state index contributed by atoms with van der Waals surface area (Å²) in [7, 11) is 0. The Labute approximate surface area is 129 Å². The SMILES string of the molecule is Cc1ccccc1CC(O)c1ccc(Cl)c2ccccc12. The maximum Gasteiger partial charge on any atom is 0.0836 e. The van der Waals surface area contributed by atoms with Crippen LogP contribution in [-0.2, 0) is 6.42 Å². The van der Waals surface area contributed by atoms with Crippen molar-refractivity contribution in [2.45, 2.75) is 19.4 Å². The molecule has 0 heterocycles. The molecule has 3 aromatic carbocycles. The molecule has 1 unspecified atom stereocenters. The third-order valence-electron chi connectivity index (χ3n) is 3.94. The molecule has 0 aliphatic rings. The van der Waals surface area contributed by atoms with E-state index in [4.69, 9.17) is 11.6 Å². The van der Waals surface area contributed by atoms with Crippen molar-refractivity contribution < 1.29 is 5.11 Å². The summed E-state index contributed by atoms with van der Waals surface area (Å²) in [5.41, 5.74) is 3.30. The molecular formula is C19H17ClO. The highest BCUT2D eigenvalue weighted by molar-refractivity contribution is 6.35. The van der Waals surface area contributed by atoms with Crippen LogP contribution in [0.25, 0.3) is 10.8 Å². The number of aliphatic hydroxyl groups is 1. The largest absolute Gasteiger partial charge is 0.388 e. The maximum absolute atomic E-state index is 10.6. The molecule has 3 aromatic rings. The fourth-order valence-corrected chi connectivity index (χ4v) is 2.96. The summed E-state index contributed by atoms with van der Waals surface area (Å²) in [5, 5.41) is 13.4. The Bertz CT molecular complexity index is 779. The van der Waals surface area contributed by atoms with E-state index in [1.807, 2.05) is 48.5 Å². The first kappa shape index (κ1) is 14.1. The predicted molar refractivity (Wildman–Crippen MR) is 88.8 cm³/mol. The molecule has 0 saturated carbocycles. The predicted octanol–water partition coefficient (Wildman–Crippen LogP) is 5.08. The second-order valence-electron chi connectivity index (χ2n) is 5.33. The Hall–Kier alpha value is -1.83. The van der Waals surface area contributed by atoms with Crippen LogP contribution in [0.3, 0.4) is 0 Å². The van der Waals surface area contributed by atoms with Gasteiger partial charge in [0.25, 0.3) is 0 Å². The van der Waals surface area contributed by atoms with E-state index in [1.54, 1.807) is 0 Å². The molecule has 0 saturated heterocycles. The van der Waals surface area contributed by atoms with Crippen molar-refractivity contribution in [2.75, 3.05) is 0 Å². The number of aryl methyl sites for hydroxylation is 1. The molecular weight excluding hydrogens is 280 g/mol. The van der Waals surface area contributed by atoms with Gasteiger partial charge in [-0.15, -0.1) is 0 Å². The highest BCUT2D eigenvalue weighted by Crippen LogP contribution is 2.31. The van der Waals surface area contributed by atoms with Crippen LogP contribution in [0.4, 0.5) is 0 Å². The van der Waals surface area contributed by atoms with Gasteiger partial charge in [-0.2, -0.15) is 0 Å². The molecule has 2 heteroatoms. The highest BCUT2D eigenvalue weighted by atomic mass is 35.5. The third-order valence-corrected chi connectivity index (χ3v) is 4.27. The molecule has 0 amide bonds. The topological polar surface area (TPSA) is 20.2 Å². The Balaban J connectivity index is 2.01. The highest BCUT2D eigenvalue weighted by Gasteiger charge is 2.14. The van der Waals surface area contributed by atoms with Crippen molar-refractivity contribution in [3.05, 3.63) is 82.4 Å². The van der Waals surface area contributed by atoms with Gasteiger partial charge in [0.05, 0.1) is 6.10 Å². The van der Waals surface area contributed by atoms with Gasteiger partial charge in [0.1, 0.15) is 0 Å². The molecule has 1 atom stereocenters. The van der Waals surface area contributed by atoms with E-state index < -0.39 is 6.10 Å². The van der Waals surface area contributed by atoms with E-state index in [0.29, 0.717) is 6.42 Å². The number of benzene rings is 3. The average molecular weight is 297 g/mol. The fourth-order valence-electron chi connectivity index (χ4n) is 2.73. The Kier molecular flexibility index (Phi) is 3.96. The van der Waals surface area contributed by atoms with Crippen molar-refractivity contribution in [3.8, 4) is 0 Å². The van der Waals surface area contributed by atoms with Gasteiger partial charge in [0, 0.05) is 16.8 Å². The van der Waals surface area contributed by atoms with Crippen molar-refractivity contribution in [1.82, 2.24) is 0 Å². The Morgan fingerprint density at radius 3 is 2.33 bits per heavy atom. The number of rotatable bonds is 3. The molecule has 3 rings (SSSR count). The van der Waals surface area contributed by atoms with Gasteiger partial charge < -0.3 is 5.11 Å². The number of fused-ring (bicyclic) bond motifs is 1. The zero-order valence-corrected chi connectivity index (χ0v) is 12.6. The lowest BCUT2D eigenvalue weighted by Crippen LogP contribution is -2.04. The number of hydrogen-bond acceptors (Lipinski definition) is 1. The summed E-state index contributed by atoms with van der Waals surface area (Å²) in [6.07, 6.45) is 0.0754. The molecule has 1 N–H and O–H groups in total. The van der Waals surface area contributed by atoms with Crippen LogP contribution in [0.5, 0.6) is 0 Å². The molecule has 106 valence electrons. The van der Waals surface area contributed by atoms with E-state index in [2.05, 4.69) is 19.1 Å². The number of aliphatic hydroxyl groups excluding tert-OH is 1. The fraction of sp³-hybridized carbons (Fsp3) is 0.158. The zero-order chi connectivity index (χ0) is 14.8. The van der Waals surface area contributed by atoms with Crippen molar-refractivity contribution >= 4 is 22.4 Å². The van der Waals surface area contributed by atoms with E-state index in [1.165, 1.54) is 11.1 Å². The average Bonchev–Trinajstić information content (AvgIpc) is 2.50. The van der Waals surface area contributed by atoms with Gasteiger partial charge in [-0.25, -0.2) is 0 Å². The van der Waals surface area contributed by atoms with E-state index >= 15 is 0 Å². The third kappa shape index (κ3) is 2.80. The summed E-state index contributed by atoms with van der Waals surface area (Å²) in [6, 6.07) is 19.9. The van der Waals surface area contributed by atoms with Crippen LogP contribution in [0, 0.1) is 6.92 Å². The first-order valence-corrected chi connectivity index (χ1v) is 7.44. The minimum atomic E-state index is -0.534. The van der Waals surface area contributed by atoms with Gasteiger partial charge in [-0.3, -0.25) is 0 Å². The first-order chi connectivity index (χ1) is 10.2. The summed E-state index contributed by atoms with van der Waals surface area (Å²) in [5.74, 6) is 0. The minimum absolute atomic E-state index is 0.534. The lowest BCUT2D eigenvalue weighted by Gasteiger charge is -2.16. The van der Waals surface area contributed by atoms with Gasteiger partial charge >= 0.3 is 0 Å². The summed E-state index contributed by atoms with van der Waals surface area (Å²) < 4.78 is 0. The van der Waals surface area contributed by atoms with Gasteiger partial charge in [0.15, 0.2) is 0 Å². The van der Waals surface area contributed by atoms with Crippen molar-refractivity contribution in [3.63, 3.8) is 0 Å². The van der Waals surface area contributed by atoms with E-state index in [0.717, 1.165) is 21.4 Å². The standard InChI is InChI=1S/C19H17ClO/c1-13-6-2-3-7-14(13)12-19(21)17-10-11-18(20)16-9-5-4-8-15(16)17/h2-11,19,21H,12H2,1H3. The van der Waals surface area contributed by atoms with Crippen molar-refractivity contribution in [2.24, 2.45) is 0 Å². The smallest absolute Gasteiger partial charge is 0.0836 e. The molecule has 0 spiro atoms. The quantitative estimate of drug-likeness (QED) is 0.715. The molecule has 21 heavy (non-hydrogen) atoms. The molecule has 0 fully saturated rings. The van der Waals surface area contributed by atoms with Gasteiger partial charge in [-0.1, -0.05) is 66.2 Å². The molecule has 0 aliphatic heterocycles. The zero-order valence-electron chi connectivity index (χ0n) is 11.9. The van der Waals surface area contributed by atoms with Crippen LogP contribution in [0.2, 0.25) is 5.02 Å².